The molecule has 0 rings (SSSR count). The lowest BCUT2D eigenvalue weighted by Gasteiger charge is -1.93. The Morgan fingerprint density at radius 3 is 0.455 bits per heavy atom. The van der Waals surface area contributed by atoms with E-state index in [0.717, 1.165) is 0 Å². The first-order chi connectivity index (χ1) is 4.00. The first-order valence-electron chi connectivity index (χ1n) is 1.51. The van der Waals surface area contributed by atoms with E-state index in [0.29, 0.717) is 0 Å². The van der Waals surface area contributed by atoms with E-state index in [1.54, 1.807) is 0 Å². The Hall–Kier alpha value is 4.13. The maximum absolute atomic E-state index is 3.12. The molecule has 0 saturated heterocycles. The summed E-state index contributed by atoms with van der Waals surface area (Å²) in [5.74, 6) is 0. The first-order valence-corrected chi connectivity index (χ1v) is 7.86. The van der Waals surface area contributed by atoms with E-state index < -0.39 is 0 Å². The first kappa shape index (κ1) is 20.5. The van der Waals surface area contributed by atoms with Crippen LogP contribution < -0.4 is 0 Å². The van der Waals surface area contributed by atoms with Gasteiger partial charge >= 0.3 is 0 Å². The van der Waals surface area contributed by atoms with Gasteiger partial charge < -0.3 is 0 Å². The van der Waals surface area contributed by atoms with Crippen LogP contribution in [0.3, 0.4) is 0 Å². The fourth-order valence-electron chi connectivity index (χ4n) is 0. The van der Waals surface area contributed by atoms with Crippen LogP contribution in [-0.2, 0) is 0 Å². The third-order valence-electron chi connectivity index (χ3n) is 0. The van der Waals surface area contributed by atoms with Gasteiger partial charge in [-0.2, -0.15) is 0 Å². The highest BCUT2D eigenvalue weighted by molar-refractivity contribution is 9.52. The van der Waals surface area contributed by atoms with E-state index in [4.69, 9.17) is 0 Å². The van der Waals surface area contributed by atoms with Gasteiger partial charge in [0.15, 0.2) is 2.10 Å². The number of rotatable bonds is 0. The van der Waals surface area contributed by atoms with Gasteiger partial charge in [-0.1, -0.05) is 0 Å². The van der Waals surface area contributed by atoms with Gasteiger partial charge in [-0.15, -0.1) is 12.4 Å². The standard InChI is InChI=1S/2CBr4.ClH/c2*2-1(3,4)5;/h;;1H. The molecule has 0 nitrogen and oxygen atoms in total. The van der Waals surface area contributed by atoms with Gasteiger partial charge in [0.25, 0.3) is 0 Å². The minimum atomic E-state index is -0.250. The number of alkyl halides is 8. The second-order valence-corrected chi connectivity index (χ2v) is 23.1. The molecule has 0 unspecified atom stereocenters. The molecule has 0 aromatic carbocycles. The highest BCUT2D eigenvalue weighted by atomic mass is 80.0. The lowest BCUT2D eigenvalue weighted by atomic mass is 12.0. The van der Waals surface area contributed by atoms with Gasteiger partial charge in [0.05, 0.1) is 0 Å². The van der Waals surface area contributed by atoms with Crippen molar-refractivity contribution in [3.8, 4) is 0 Å². The van der Waals surface area contributed by atoms with Crippen molar-refractivity contribution in [2.75, 3.05) is 0 Å². The van der Waals surface area contributed by atoms with Crippen LogP contribution in [0.2, 0.25) is 0 Å². The highest BCUT2D eigenvalue weighted by Gasteiger charge is 2.08. The van der Waals surface area contributed by atoms with Gasteiger partial charge in [-0.25, -0.2) is 0 Å². The maximum atomic E-state index is 3.12. The number of hydrogen-bond donors (Lipinski definition) is 0. The minimum Gasteiger partial charge on any atom is -0.147 e. The molecule has 0 aliphatic heterocycles. The molecule has 0 aromatic heterocycles. The normalized spacial score (nSPS) is 10.9. The SMILES string of the molecule is BrC(Br)(Br)Br.BrC(Br)(Br)Br.Cl. The van der Waals surface area contributed by atoms with E-state index in [9.17, 15) is 0 Å². The van der Waals surface area contributed by atoms with Crippen LogP contribution in [0, 0.1) is 0 Å². The van der Waals surface area contributed by atoms with E-state index in [2.05, 4.69) is 127 Å². The quantitative estimate of drug-likeness (QED) is 0.245. The second kappa shape index (κ2) is 9.36. The molecule has 0 atom stereocenters. The van der Waals surface area contributed by atoms with E-state index >= 15 is 0 Å². The monoisotopic (exact) mass is 691 g/mol. The molecule has 72 valence electrons. The summed E-state index contributed by atoms with van der Waals surface area (Å²) in [6, 6.07) is 0. The fraction of sp³-hybridized carbons (Fsp3) is 1.00. The van der Waals surface area contributed by atoms with Crippen molar-refractivity contribution in [1.29, 1.82) is 0 Å². The highest BCUT2D eigenvalue weighted by Crippen LogP contribution is 2.39. The molecule has 9 heteroatoms. The summed E-state index contributed by atoms with van der Waals surface area (Å²) < 4.78 is -0.500. The third-order valence-corrected chi connectivity index (χ3v) is 0. The van der Waals surface area contributed by atoms with Gasteiger partial charge in [0.1, 0.15) is 0 Å². The lowest BCUT2D eigenvalue weighted by Crippen LogP contribution is -1.75. The molecule has 0 aliphatic rings. The topological polar surface area (TPSA) is 0 Å². The van der Waals surface area contributed by atoms with Crippen molar-refractivity contribution in [3.63, 3.8) is 0 Å². The van der Waals surface area contributed by atoms with Gasteiger partial charge in [0, 0.05) is 0 Å². The minimum absolute atomic E-state index is 0. The molecule has 0 fully saturated rings. The average molecular weight is 700 g/mol. The zero-order chi connectivity index (χ0) is 9.00. The van der Waals surface area contributed by atoms with Gasteiger partial charge in [-0.3, -0.25) is 0 Å². The Balaban J connectivity index is -0.000000107. The number of halogens is 9. The Kier molecular flexibility index (Phi) is 17.5. The third kappa shape index (κ3) is 122. The lowest BCUT2D eigenvalue weighted by molar-refractivity contribution is 2.14. The van der Waals surface area contributed by atoms with Crippen LogP contribution in [0.4, 0.5) is 0 Å². The van der Waals surface area contributed by atoms with Crippen LogP contribution in [0.1, 0.15) is 0 Å². The summed E-state index contributed by atoms with van der Waals surface area (Å²) in [5.41, 5.74) is 0. The maximum Gasteiger partial charge on any atom is 0.189 e. The smallest absolute Gasteiger partial charge is 0.147 e. The predicted molar refractivity (Wildman–Crippen MR) is 84.1 cm³/mol. The van der Waals surface area contributed by atoms with Crippen molar-refractivity contribution in [3.05, 3.63) is 0 Å². The van der Waals surface area contributed by atoms with Crippen LogP contribution in [0.15, 0.2) is 0 Å². The summed E-state index contributed by atoms with van der Waals surface area (Å²) in [6.45, 7) is 0. The summed E-state index contributed by atoms with van der Waals surface area (Å²) in [4.78, 5) is 0. The van der Waals surface area contributed by atoms with Crippen molar-refractivity contribution >= 4 is 140 Å². The molecule has 0 aliphatic carbocycles. The fourth-order valence-corrected chi connectivity index (χ4v) is 0. The predicted octanol–water partition coefficient (Wildman–Crippen LogP) is 6.78. The van der Waals surface area contributed by atoms with Crippen LogP contribution in [0.25, 0.3) is 0 Å². The van der Waals surface area contributed by atoms with E-state index in [1.165, 1.54) is 0 Å². The van der Waals surface area contributed by atoms with Crippen LogP contribution >= 0.6 is 140 Å². The molecule has 0 saturated carbocycles. The summed E-state index contributed by atoms with van der Waals surface area (Å²) >= 11 is 25.0. The Morgan fingerprint density at radius 2 is 0.455 bits per heavy atom. The zero-order valence-corrected chi connectivity index (χ0v) is 17.9. The molecule has 0 radical (unpaired) electrons. The van der Waals surface area contributed by atoms with Crippen molar-refractivity contribution in [1.82, 2.24) is 0 Å². The van der Waals surface area contributed by atoms with Crippen molar-refractivity contribution < 1.29 is 0 Å². The molecular weight excluding hydrogens is 699 g/mol. The summed E-state index contributed by atoms with van der Waals surface area (Å²) in [5, 5.41) is 0. The van der Waals surface area contributed by atoms with Crippen LogP contribution in [0.5, 0.6) is 0 Å². The van der Waals surface area contributed by atoms with Crippen molar-refractivity contribution in [2.45, 2.75) is 2.10 Å². The Bertz CT molecular complexity index is 55.1. The molecule has 11 heavy (non-hydrogen) atoms. The van der Waals surface area contributed by atoms with Crippen molar-refractivity contribution in [2.24, 2.45) is 0 Å². The Labute approximate surface area is 139 Å². The van der Waals surface area contributed by atoms with Crippen LogP contribution in [-0.4, -0.2) is 2.10 Å². The largest absolute Gasteiger partial charge is 0.189 e. The second-order valence-electron chi connectivity index (χ2n) is 0.857. The molecule has 0 amide bonds. The molecule has 0 spiro atoms. The Morgan fingerprint density at radius 1 is 0.455 bits per heavy atom. The molecule has 0 aromatic rings. The number of hydrogen-bond acceptors (Lipinski definition) is 0. The molecule has 0 bridgehead atoms. The van der Waals surface area contributed by atoms with Gasteiger partial charge in [0.2, 0.25) is 0 Å². The molecule has 0 heterocycles. The van der Waals surface area contributed by atoms with E-state index in [-0.39, 0.29) is 14.5 Å². The molecule has 0 N–H and O–H groups in total. The zero-order valence-electron chi connectivity index (χ0n) is 4.43. The van der Waals surface area contributed by atoms with E-state index in [1.807, 2.05) is 0 Å². The molecular formula is C2HBr8Cl. The summed E-state index contributed by atoms with van der Waals surface area (Å²) in [6.07, 6.45) is 0. The summed E-state index contributed by atoms with van der Waals surface area (Å²) in [7, 11) is 0. The van der Waals surface area contributed by atoms with Gasteiger partial charge in [-0.05, 0) is 127 Å². The average Bonchev–Trinajstić information content (AvgIpc) is 1.12.